The second kappa shape index (κ2) is 6.69. The van der Waals surface area contributed by atoms with E-state index in [-0.39, 0.29) is 5.82 Å². The summed E-state index contributed by atoms with van der Waals surface area (Å²) in [6.07, 6.45) is 1.12. The van der Waals surface area contributed by atoms with Gasteiger partial charge in [0.05, 0.1) is 0 Å². The lowest BCUT2D eigenvalue weighted by molar-refractivity contribution is 0.133. The highest BCUT2D eigenvalue weighted by molar-refractivity contribution is 6.31. The maximum absolute atomic E-state index is 13.9. The van der Waals surface area contributed by atoms with Gasteiger partial charge in [-0.2, -0.15) is 0 Å². The van der Waals surface area contributed by atoms with Crippen LogP contribution in [0.25, 0.3) is 0 Å². The molecule has 0 amide bonds. The summed E-state index contributed by atoms with van der Waals surface area (Å²) in [7, 11) is 0. The van der Waals surface area contributed by atoms with Crippen LogP contribution < -0.4 is 5.32 Å². The van der Waals surface area contributed by atoms with Crippen LogP contribution in [0.3, 0.4) is 0 Å². The minimum Gasteiger partial charge on any atom is -0.314 e. The molecule has 1 fully saturated rings. The van der Waals surface area contributed by atoms with Crippen molar-refractivity contribution < 1.29 is 4.39 Å². The Morgan fingerprint density at radius 1 is 1.47 bits per heavy atom. The smallest absolute Gasteiger partial charge is 0.129 e. The Balaban J connectivity index is 2.11. The molecule has 0 saturated carbocycles. The zero-order chi connectivity index (χ0) is 13.8. The lowest BCUT2D eigenvalue weighted by Gasteiger charge is -2.37. The fourth-order valence-corrected chi connectivity index (χ4v) is 2.90. The number of nitrogens with one attached hydrogen (secondary N) is 1. The highest BCUT2D eigenvalue weighted by Gasteiger charge is 2.24. The molecule has 2 rings (SSSR count). The van der Waals surface area contributed by atoms with E-state index in [1.807, 2.05) is 0 Å². The molecule has 1 aromatic rings. The minimum absolute atomic E-state index is 0.200. The summed E-state index contributed by atoms with van der Waals surface area (Å²) in [5.41, 5.74) is 0.625. The van der Waals surface area contributed by atoms with E-state index in [0.717, 1.165) is 26.1 Å². The number of rotatable bonds is 4. The molecule has 4 heteroatoms. The third-order valence-corrected chi connectivity index (χ3v) is 3.99. The Morgan fingerprint density at radius 3 is 2.95 bits per heavy atom. The zero-order valence-corrected chi connectivity index (χ0v) is 12.4. The van der Waals surface area contributed by atoms with Crippen LogP contribution in [-0.4, -0.2) is 30.6 Å². The number of hydrogen-bond acceptors (Lipinski definition) is 2. The van der Waals surface area contributed by atoms with E-state index >= 15 is 0 Å². The van der Waals surface area contributed by atoms with Crippen molar-refractivity contribution in [1.82, 2.24) is 10.2 Å². The van der Waals surface area contributed by atoms with Gasteiger partial charge in [-0.1, -0.05) is 31.5 Å². The predicted octanol–water partition coefficient (Wildman–Crippen LogP) is 3.30. The van der Waals surface area contributed by atoms with Gasteiger partial charge in [-0.3, -0.25) is 4.90 Å². The van der Waals surface area contributed by atoms with Gasteiger partial charge in [0.2, 0.25) is 0 Å². The fraction of sp³-hybridized carbons (Fsp3) is 0.600. The van der Waals surface area contributed by atoms with E-state index in [2.05, 4.69) is 24.1 Å². The molecule has 1 N–H and O–H groups in total. The quantitative estimate of drug-likeness (QED) is 0.913. The Hall–Kier alpha value is -0.640. The summed E-state index contributed by atoms with van der Waals surface area (Å²) in [6.45, 7) is 7.93. The first-order valence-electron chi connectivity index (χ1n) is 6.95. The highest BCUT2D eigenvalue weighted by Crippen LogP contribution is 2.23. The van der Waals surface area contributed by atoms with Crippen molar-refractivity contribution >= 4 is 11.6 Å². The van der Waals surface area contributed by atoms with Crippen molar-refractivity contribution in [1.29, 1.82) is 0 Å². The zero-order valence-electron chi connectivity index (χ0n) is 11.6. The van der Waals surface area contributed by atoms with Gasteiger partial charge < -0.3 is 5.32 Å². The summed E-state index contributed by atoms with van der Waals surface area (Å²) in [5, 5.41) is 3.95. The van der Waals surface area contributed by atoms with Crippen LogP contribution in [0, 0.1) is 11.7 Å². The van der Waals surface area contributed by atoms with Gasteiger partial charge in [0.15, 0.2) is 0 Å². The summed E-state index contributed by atoms with van der Waals surface area (Å²) in [5.74, 6) is 0.442. The molecule has 0 bridgehead atoms. The molecule has 1 aliphatic heterocycles. The Morgan fingerprint density at radius 2 is 2.26 bits per heavy atom. The summed E-state index contributed by atoms with van der Waals surface area (Å²) >= 11 is 6.12. The molecule has 19 heavy (non-hydrogen) atoms. The molecule has 0 spiro atoms. The van der Waals surface area contributed by atoms with Gasteiger partial charge in [0.1, 0.15) is 5.82 Å². The molecule has 1 heterocycles. The van der Waals surface area contributed by atoms with E-state index in [0.29, 0.717) is 29.1 Å². The van der Waals surface area contributed by atoms with Gasteiger partial charge in [-0.15, -0.1) is 0 Å². The monoisotopic (exact) mass is 284 g/mol. The number of nitrogens with zero attached hydrogens (tertiary/aromatic N) is 1. The van der Waals surface area contributed by atoms with E-state index in [1.165, 1.54) is 6.07 Å². The lowest BCUT2D eigenvalue weighted by Crippen LogP contribution is -2.51. The first kappa shape index (κ1) is 14.8. The molecule has 106 valence electrons. The number of piperazine rings is 1. The van der Waals surface area contributed by atoms with Crippen LogP contribution in [0.5, 0.6) is 0 Å². The second-order valence-electron chi connectivity index (χ2n) is 5.66. The Bertz CT molecular complexity index is 402. The molecule has 0 aromatic heterocycles. The van der Waals surface area contributed by atoms with E-state index in [4.69, 9.17) is 11.6 Å². The molecule has 0 radical (unpaired) electrons. The van der Waals surface area contributed by atoms with Crippen LogP contribution in [0.2, 0.25) is 5.02 Å². The van der Waals surface area contributed by atoms with Gasteiger partial charge in [-0.25, -0.2) is 4.39 Å². The molecular weight excluding hydrogens is 263 g/mol. The number of benzene rings is 1. The molecule has 1 aliphatic rings. The average Bonchev–Trinajstić information content (AvgIpc) is 2.35. The normalized spacial score (nSPS) is 21.0. The lowest BCUT2D eigenvalue weighted by atomic mass is 10.00. The largest absolute Gasteiger partial charge is 0.314 e. The van der Waals surface area contributed by atoms with Crippen LogP contribution in [-0.2, 0) is 6.54 Å². The maximum atomic E-state index is 13.9. The fourth-order valence-electron chi connectivity index (χ4n) is 2.67. The van der Waals surface area contributed by atoms with Gasteiger partial charge in [0.25, 0.3) is 0 Å². The van der Waals surface area contributed by atoms with Crippen LogP contribution in [0.1, 0.15) is 25.8 Å². The van der Waals surface area contributed by atoms with Crippen LogP contribution >= 0.6 is 11.6 Å². The van der Waals surface area contributed by atoms with E-state index in [1.54, 1.807) is 12.1 Å². The Labute approximate surface area is 119 Å². The van der Waals surface area contributed by atoms with E-state index in [9.17, 15) is 4.39 Å². The number of hydrogen-bond donors (Lipinski definition) is 1. The standard InChI is InChI=1S/C15H22ClFN2/c1-11(2)8-12-9-18-6-7-19(12)10-13-14(16)4-3-5-15(13)17/h3-5,11-12,18H,6-10H2,1-2H3. The molecule has 1 unspecified atom stereocenters. The van der Waals surface area contributed by atoms with Crippen molar-refractivity contribution in [3.8, 4) is 0 Å². The molecule has 0 aliphatic carbocycles. The molecular formula is C15H22ClFN2. The summed E-state index contributed by atoms with van der Waals surface area (Å²) < 4.78 is 13.9. The second-order valence-corrected chi connectivity index (χ2v) is 6.07. The summed E-state index contributed by atoms with van der Waals surface area (Å²) in [4.78, 5) is 2.35. The SMILES string of the molecule is CC(C)CC1CNCCN1Cc1c(F)cccc1Cl. The van der Waals surface area contributed by atoms with Crippen molar-refractivity contribution in [2.24, 2.45) is 5.92 Å². The third-order valence-electron chi connectivity index (χ3n) is 3.64. The first-order valence-corrected chi connectivity index (χ1v) is 7.33. The van der Waals surface area contributed by atoms with Crippen LogP contribution in [0.4, 0.5) is 4.39 Å². The van der Waals surface area contributed by atoms with E-state index < -0.39 is 0 Å². The predicted molar refractivity (Wildman–Crippen MR) is 77.9 cm³/mol. The number of halogens is 2. The molecule has 1 aromatic carbocycles. The Kier molecular flexibility index (Phi) is 5.20. The minimum atomic E-state index is -0.200. The summed E-state index contributed by atoms with van der Waals surface area (Å²) in [6, 6.07) is 5.37. The van der Waals surface area contributed by atoms with Gasteiger partial charge in [-0.05, 0) is 24.5 Å². The van der Waals surface area contributed by atoms with Gasteiger partial charge >= 0.3 is 0 Å². The van der Waals surface area contributed by atoms with Crippen molar-refractivity contribution in [2.45, 2.75) is 32.9 Å². The average molecular weight is 285 g/mol. The third kappa shape index (κ3) is 3.91. The molecule has 1 saturated heterocycles. The molecule has 2 nitrogen and oxygen atoms in total. The topological polar surface area (TPSA) is 15.3 Å². The first-order chi connectivity index (χ1) is 9.08. The molecule has 1 atom stereocenters. The van der Waals surface area contributed by atoms with Gasteiger partial charge in [0, 0.05) is 42.8 Å². The van der Waals surface area contributed by atoms with Crippen molar-refractivity contribution in [3.05, 3.63) is 34.6 Å². The van der Waals surface area contributed by atoms with Crippen molar-refractivity contribution in [2.75, 3.05) is 19.6 Å². The highest BCUT2D eigenvalue weighted by atomic mass is 35.5. The van der Waals surface area contributed by atoms with Crippen LogP contribution in [0.15, 0.2) is 18.2 Å². The van der Waals surface area contributed by atoms with Crippen molar-refractivity contribution in [3.63, 3.8) is 0 Å². The maximum Gasteiger partial charge on any atom is 0.129 e.